The Labute approximate surface area is 134 Å². The summed E-state index contributed by atoms with van der Waals surface area (Å²) in [6.07, 6.45) is 3.62. The third-order valence-corrected chi connectivity index (χ3v) is 3.42. The van der Waals surface area contributed by atoms with Gasteiger partial charge in [0.25, 0.3) is 0 Å². The molecule has 0 N–H and O–H groups in total. The van der Waals surface area contributed by atoms with Crippen LogP contribution in [0.1, 0.15) is 11.1 Å². The van der Waals surface area contributed by atoms with Crippen molar-refractivity contribution in [3.05, 3.63) is 71.3 Å². The largest absolute Gasteiger partial charge is 0.454 e. The molecule has 0 radical (unpaired) electrons. The molecule has 0 spiro atoms. The molecule has 4 heteroatoms. The van der Waals surface area contributed by atoms with E-state index in [0.29, 0.717) is 11.3 Å². The lowest BCUT2D eigenvalue weighted by atomic mass is 9.99. The molecule has 1 aliphatic rings. The van der Waals surface area contributed by atoms with Gasteiger partial charge in [-0.05, 0) is 23.3 Å². The highest BCUT2D eigenvalue weighted by Gasteiger charge is 2.12. The van der Waals surface area contributed by atoms with Crippen molar-refractivity contribution in [1.82, 2.24) is 0 Å². The van der Waals surface area contributed by atoms with Crippen LogP contribution < -0.4 is 9.47 Å². The van der Waals surface area contributed by atoms with Crippen LogP contribution >= 0.6 is 0 Å². The summed E-state index contributed by atoms with van der Waals surface area (Å²) in [5, 5.41) is 18.4. The molecule has 2 aromatic rings. The normalized spacial score (nSPS) is 11.7. The Kier molecular flexibility index (Phi) is 4.09. The summed E-state index contributed by atoms with van der Waals surface area (Å²) in [4.78, 5) is 0. The van der Waals surface area contributed by atoms with E-state index in [1.165, 1.54) is 0 Å². The van der Waals surface area contributed by atoms with Gasteiger partial charge in [0.2, 0.25) is 6.79 Å². The first-order valence-corrected chi connectivity index (χ1v) is 6.99. The minimum Gasteiger partial charge on any atom is -0.454 e. The Balaban J connectivity index is 1.98. The molecule has 0 fully saturated rings. The van der Waals surface area contributed by atoms with Gasteiger partial charge in [0, 0.05) is 5.57 Å². The average Bonchev–Trinajstić information content (AvgIpc) is 3.07. The van der Waals surface area contributed by atoms with Crippen LogP contribution in [0.5, 0.6) is 11.5 Å². The first-order chi connectivity index (χ1) is 11.3. The molecule has 0 saturated carbocycles. The van der Waals surface area contributed by atoms with Crippen LogP contribution in [-0.4, -0.2) is 6.79 Å². The quantitative estimate of drug-likeness (QED) is 0.636. The SMILES string of the molecule is N#CC(C#N)=C(/C=C/c1ccc2c(c1)OCO2)c1ccccc1. The summed E-state index contributed by atoms with van der Waals surface area (Å²) >= 11 is 0. The minimum absolute atomic E-state index is 0.0770. The third kappa shape index (κ3) is 3.07. The summed E-state index contributed by atoms with van der Waals surface area (Å²) in [5.41, 5.74) is 2.39. The predicted molar refractivity (Wildman–Crippen MR) is 86.2 cm³/mol. The lowest BCUT2D eigenvalue weighted by Gasteiger charge is -2.03. The van der Waals surface area contributed by atoms with E-state index in [0.717, 1.165) is 16.9 Å². The highest BCUT2D eigenvalue weighted by atomic mass is 16.7. The third-order valence-electron chi connectivity index (χ3n) is 3.42. The maximum absolute atomic E-state index is 9.18. The molecule has 3 rings (SSSR count). The van der Waals surface area contributed by atoms with E-state index in [1.54, 1.807) is 6.08 Å². The number of nitrogens with zero attached hydrogens (tertiary/aromatic N) is 2. The molecular formula is C19H12N2O2. The van der Waals surface area contributed by atoms with Crippen molar-refractivity contribution < 1.29 is 9.47 Å². The van der Waals surface area contributed by atoms with Crippen molar-refractivity contribution >= 4 is 11.6 Å². The molecular weight excluding hydrogens is 288 g/mol. The monoisotopic (exact) mass is 300 g/mol. The Bertz CT molecular complexity index is 852. The lowest BCUT2D eigenvalue weighted by molar-refractivity contribution is 0.174. The highest BCUT2D eigenvalue weighted by Crippen LogP contribution is 2.33. The molecule has 0 aromatic heterocycles. The van der Waals surface area contributed by atoms with E-state index in [4.69, 9.17) is 9.47 Å². The van der Waals surface area contributed by atoms with Gasteiger partial charge in [0.05, 0.1) is 0 Å². The predicted octanol–water partition coefficient (Wildman–Crippen LogP) is 3.93. The van der Waals surface area contributed by atoms with Gasteiger partial charge in [-0.3, -0.25) is 0 Å². The Morgan fingerprint density at radius 1 is 0.957 bits per heavy atom. The van der Waals surface area contributed by atoms with Crippen LogP contribution in [0.4, 0.5) is 0 Å². The van der Waals surface area contributed by atoms with Gasteiger partial charge in [-0.25, -0.2) is 0 Å². The standard InChI is InChI=1S/C19H12N2O2/c20-11-16(12-21)17(15-4-2-1-3-5-15)8-6-14-7-9-18-19(10-14)23-13-22-18/h1-10H,13H2/b8-6+. The van der Waals surface area contributed by atoms with Crippen LogP contribution in [-0.2, 0) is 0 Å². The second kappa shape index (κ2) is 6.51. The first kappa shape index (κ1) is 14.4. The van der Waals surface area contributed by atoms with Crippen LogP contribution in [0.2, 0.25) is 0 Å². The van der Waals surface area contributed by atoms with E-state index < -0.39 is 0 Å². The van der Waals surface area contributed by atoms with Gasteiger partial charge in [-0.2, -0.15) is 10.5 Å². The van der Waals surface area contributed by atoms with Crippen molar-refractivity contribution in [2.75, 3.05) is 6.79 Å². The van der Waals surface area contributed by atoms with Crippen LogP contribution in [0.3, 0.4) is 0 Å². The number of rotatable bonds is 3. The summed E-state index contributed by atoms with van der Waals surface area (Å²) in [5.74, 6) is 1.41. The fourth-order valence-electron chi connectivity index (χ4n) is 2.28. The highest BCUT2D eigenvalue weighted by molar-refractivity contribution is 5.85. The van der Waals surface area contributed by atoms with Gasteiger partial charge in [0.1, 0.15) is 17.7 Å². The number of nitriles is 2. The zero-order valence-electron chi connectivity index (χ0n) is 12.2. The van der Waals surface area contributed by atoms with Crippen molar-refractivity contribution in [3.8, 4) is 23.6 Å². The number of allylic oxidation sites excluding steroid dienone is 3. The summed E-state index contributed by atoms with van der Waals surface area (Å²) < 4.78 is 10.6. The summed E-state index contributed by atoms with van der Waals surface area (Å²) in [7, 11) is 0. The molecule has 23 heavy (non-hydrogen) atoms. The van der Waals surface area contributed by atoms with Gasteiger partial charge < -0.3 is 9.47 Å². The van der Waals surface area contributed by atoms with Gasteiger partial charge >= 0.3 is 0 Å². The second-order valence-corrected chi connectivity index (χ2v) is 4.82. The summed E-state index contributed by atoms with van der Waals surface area (Å²) in [6.45, 7) is 0.227. The van der Waals surface area contributed by atoms with E-state index in [-0.39, 0.29) is 12.4 Å². The Hall–Kier alpha value is -3.50. The van der Waals surface area contributed by atoms with Crippen molar-refractivity contribution in [2.24, 2.45) is 0 Å². The fraction of sp³-hybridized carbons (Fsp3) is 0.0526. The van der Waals surface area contributed by atoms with Crippen LogP contribution in [0.15, 0.2) is 60.2 Å². The molecule has 0 saturated heterocycles. The smallest absolute Gasteiger partial charge is 0.231 e. The molecule has 0 atom stereocenters. The molecule has 0 aliphatic carbocycles. The van der Waals surface area contributed by atoms with Gasteiger partial charge in [-0.1, -0.05) is 48.6 Å². The molecule has 0 bridgehead atoms. The van der Waals surface area contributed by atoms with Crippen molar-refractivity contribution in [1.29, 1.82) is 10.5 Å². The number of hydrogen-bond donors (Lipinski definition) is 0. The maximum Gasteiger partial charge on any atom is 0.231 e. The second-order valence-electron chi connectivity index (χ2n) is 4.82. The number of benzene rings is 2. The Morgan fingerprint density at radius 3 is 2.43 bits per heavy atom. The molecule has 1 aliphatic heterocycles. The number of ether oxygens (including phenoxy) is 2. The topological polar surface area (TPSA) is 66.0 Å². The number of hydrogen-bond acceptors (Lipinski definition) is 4. The molecule has 1 heterocycles. The zero-order chi connectivity index (χ0) is 16.1. The fourth-order valence-corrected chi connectivity index (χ4v) is 2.28. The lowest BCUT2D eigenvalue weighted by Crippen LogP contribution is -1.92. The van der Waals surface area contributed by atoms with Crippen LogP contribution in [0, 0.1) is 22.7 Å². The summed E-state index contributed by atoms with van der Waals surface area (Å²) in [6, 6.07) is 18.9. The van der Waals surface area contributed by atoms with E-state index in [2.05, 4.69) is 0 Å². The van der Waals surface area contributed by atoms with Crippen molar-refractivity contribution in [2.45, 2.75) is 0 Å². The maximum atomic E-state index is 9.18. The zero-order valence-corrected chi connectivity index (χ0v) is 12.2. The van der Waals surface area contributed by atoms with Gasteiger partial charge in [-0.15, -0.1) is 0 Å². The van der Waals surface area contributed by atoms with E-state index >= 15 is 0 Å². The minimum atomic E-state index is 0.0770. The van der Waals surface area contributed by atoms with Crippen LogP contribution in [0.25, 0.3) is 11.6 Å². The molecule has 0 amide bonds. The molecule has 110 valence electrons. The molecule has 2 aromatic carbocycles. The molecule has 4 nitrogen and oxygen atoms in total. The average molecular weight is 300 g/mol. The molecule has 0 unspecified atom stereocenters. The van der Waals surface area contributed by atoms with Crippen molar-refractivity contribution in [3.63, 3.8) is 0 Å². The number of fused-ring (bicyclic) bond motifs is 1. The Morgan fingerprint density at radius 2 is 1.70 bits per heavy atom. The van der Waals surface area contributed by atoms with E-state index in [1.807, 2.05) is 66.7 Å². The van der Waals surface area contributed by atoms with Gasteiger partial charge in [0.15, 0.2) is 11.5 Å². The first-order valence-electron chi connectivity index (χ1n) is 6.99. The van der Waals surface area contributed by atoms with E-state index in [9.17, 15) is 10.5 Å².